The first-order valence-electron chi connectivity index (χ1n) is 8.49. The number of primary amides is 1. The van der Waals surface area contributed by atoms with Crippen molar-refractivity contribution in [3.8, 4) is 5.69 Å². The fraction of sp³-hybridized carbons (Fsp3) is 0.167. The summed E-state index contributed by atoms with van der Waals surface area (Å²) in [5, 5.41) is 34.0. The summed E-state index contributed by atoms with van der Waals surface area (Å²) in [6, 6.07) is 13.0. The van der Waals surface area contributed by atoms with Gasteiger partial charge >= 0.3 is 5.97 Å². The number of nitrogens with zero attached hydrogens (tertiary/aromatic N) is 4. The van der Waals surface area contributed by atoms with E-state index >= 15 is 0 Å². The minimum absolute atomic E-state index is 0.163. The molecule has 2 aromatic carbocycles. The summed E-state index contributed by atoms with van der Waals surface area (Å²) in [5.74, 6) is -1.26. The van der Waals surface area contributed by atoms with Gasteiger partial charge in [0.25, 0.3) is 0 Å². The van der Waals surface area contributed by atoms with Crippen LogP contribution in [0.2, 0.25) is 0 Å². The number of carboxylic acids is 1. The van der Waals surface area contributed by atoms with Gasteiger partial charge in [-0.05, 0) is 52.4 Å². The van der Waals surface area contributed by atoms with Gasteiger partial charge in [0.1, 0.15) is 6.23 Å². The van der Waals surface area contributed by atoms with Crippen LogP contribution in [0.15, 0.2) is 53.7 Å². The second-order valence-electron chi connectivity index (χ2n) is 6.00. The van der Waals surface area contributed by atoms with Crippen molar-refractivity contribution >= 4 is 23.6 Å². The second kappa shape index (κ2) is 9.28. The predicted molar refractivity (Wildman–Crippen MR) is 105 cm³/mol. The van der Waals surface area contributed by atoms with Gasteiger partial charge in [-0.1, -0.05) is 23.9 Å². The lowest BCUT2D eigenvalue weighted by Crippen LogP contribution is -2.30. The molecule has 0 saturated carbocycles. The largest absolute Gasteiger partial charge is 0.478 e. The molecule has 0 aliphatic heterocycles. The number of aromatic nitrogens is 4. The molecule has 1 atom stereocenters. The number of rotatable bonds is 9. The minimum Gasteiger partial charge on any atom is -0.478 e. The highest BCUT2D eigenvalue weighted by Gasteiger charge is 2.13. The quantitative estimate of drug-likeness (QED) is 0.292. The molecule has 0 fully saturated rings. The number of carboxylic acid groups (broad SMARTS) is 1. The molecule has 0 radical (unpaired) electrons. The van der Waals surface area contributed by atoms with E-state index in [9.17, 15) is 14.7 Å². The second-order valence-corrected chi connectivity index (χ2v) is 6.98. The number of aliphatic hydroxyl groups excluding tert-OH is 1. The Kier molecular flexibility index (Phi) is 6.54. The molecule has 1 amide bonds. The molecule has 0 aliphatic carbocycles. The van der Waals surface area contributed by atoms with Crippen LogP contribution >= 0.6 is 11.8 Å². The monoisotopic (exact) mass is 414 g/mol. The van der Waals surface area contributed by atoms with Gasteiger partial charge in [0.15, 0.2) is 0 Å². The maximum Gasteiger partial charge on any atom is 0.335 e. The summed E-state index contributed by atoms with van der Waals surface area (Å²) in [5.41, 5.74) is 7.25. The Hall–Kier alpha value is -3.28. The number of nitrogens with two attached hydrogens (primary N) is 1. The average molecular weight is 414 g/mol. The molecule has 10 nitrogen and oxygen atoms in total. The number of hydrogen-bond acceptors (Lipinski definition) is 8. The van der Waals surface area contributed by atoms with E-state index in [2.05, 4.69) is 20.8 Å². The maximum absolute atomic E-state index is 11.2. The lowest BCUT2D eigenvalue weighted by Gasteiger charge is -2.12. The highest BCUT2D eigenvalue weighted by Crippen LogP contribution is 2.19. The Morgan fingerprint density at radius 1 is 1.17 bits per heavy atom. The topological polar surface area (TPSA) is 156 Å². The molecule has 11 heteroatoms. The highest BCUT2D eigenvalue weighted by molar-refractivity contribution is 7.99. The van der Waals surface area contributed by atoms with E-state index < -0.39 is 18.1 Å². The molecule has 1 unspecified atom stereocenters. The number of carbonyl (C=O) groups is 2. The van der Waals surface area contributed by atoms with Crippen LogP contribution in [0.4, 0.5) is 0 Å². The fourth-order valence-electron chi connectivity index (χ4n) is 2.46. The Labute approximate surface area is 169 Å². The van der Waals surface area contributed by atoms with E-state index in [0.29, 0.717) is 23.0 Å². The summed E-state index contributed by atoms with van der Waals surface area (Å²) in [6.07, 6.45) is -0.850. The number of aliphatic hydroxyl groups is 1. The molecule has 3 rings (SSSR count). The zero-order chi connectivity index (χ0) is 20.8. The molecule has 5 N–H and O–H groups in total. The van der Waals surface area contributed by atoms with E-state index in [4.69, 9.17) is 10.8 Å². The van der Waals surface area contributed by atoms with Crippen molar-refractivity contribution in [2.24, 2.45) is 5.73 Å². The lowest BCUT2D eigenvalue weighted by atomic mass is 10.1. The fourth-order valence-corrected chi connectivity index (χ4v) is 3.24. The summed E-state index contributed by atoms with van der Waals surface area (Å²) < 4.78 is 1.46. The molecule has 150 valence electrons. The number of benzene rings is 2. The van der Waals surface area contributed by atoms with Gasteiger partial charge in [-0.15, -0.1) is 5.10 Å². The Balaban J connectivity index is 1.56. The lowest BCUT2D eigenvalue weighted by molar-refractivity contribution is 0.0696. The number of carbonyl (C=O) groups excluding carboxylic acids is 1. The molecular formula is C18H18N6O4S. The van der Waals surface area contributed by atoms with Gasteiger partial charge in [-0.2, -0.15) is 4.68 Å². The van der Waals surface area contributed by atoms with E-state index in [1.807, 2.05) is 6.07 Å². The summed E-state index contributed by atoms with van der Waals surface area (Å²) in [4.78, 5) is 22.2. The van der Waals surface area contributed by atoms with Crippen LogP contribution in [0, 0.1) is 0 Å². The van der Waals surface area contributed by atoms with Crippen LogP contribution < -0.4 is 11.1 Å². The van der Waals surface area contributed by atoms with Gasteiger partial charge in [0.05, 0.1) is 11.3 Å². The standard InChI is InChI=1S/C18H18N6O4S/c19-16(26)13-3-1-2-11(8-13)9-20-15(25)10-29-18-21-22-23-24(18)14-6-4-12(5-7-14)17(27)28/h1-8,15,20,25H,9-10H2,(H2,19,26)(H,27,28). The van der Waals surface area contributed by atoms with E-state index in [1.54, 1.807) is 30.3 Å². The SMILES string of the molecule is NC(=O)c1cccc(CNC(O)CSc2nnnn2-c2ccc(C(=O)O)cc2)c1. The van der Waals surface area contributed by atoms with Gasteiger partial charge < -0.3 is 15.9 Å². The van der Waals surface area contributed by atoms with Crippen LogP contribution in [-0.2, 0) is 6.54 Å². The van der Waals surface area contributed by atoms with Gasteiger partial charge in [-0.3, -0.25) is 10.1 Å². The van der Waals surface area contributed by atoms with Crippen LogP contribution in [0.3, 0.4) is 0 Å². The van der Waals surface area contributed by atoms with Crippen molar-refractivity contribution in [3.63, 3.8) is 0 Å². The van der Waals surface area contributed by atoms with Crippen molar-refractivity contribution in [3.05, 3.63) is 65.2 Å². The molecule has 0 spiro atoms. The van der Waals surface area contributed by atoms with Crippen molar-refractivity contribution in [1.29, 1.82) is 0 Å². The summed E-state index contributed by atoms with van der Waals surface area (Å²) >= 11 is 1.23. The Bertz CT molecular complexity index is 1010. The molecule has 3 aromatic rings. The molecule has 29 heavy (non-hydrogen) atoms. The van der Waals surface area contributed by atoms with Crippen molar-refractivity contribution in [2.45, 2.75) is 17.9 Å². The van der Waals surface area contributed by atoms with E-state index in [1.165, 1.54) is 28.6 Å². The minimum atomic E-state index is -1.02. The number of hydrogen-bond donors (Lipinski definition) is 4. The predicted octanol–water partition coefficient (Wildman–Crippen LogP) is 0.660. The number of aromatic carboxylic acids is 1. The van der Waals surface area contributed by atoms with E-state index in [0.717, 1.165) is 5.56 Å². The summed E-state index contributed by atoms with van der Waals surface area (Å²) in [7, 11) is 0. The zero-order valence-electron chi connectivity index (χ0n) is 15.1. The number of thioether (sulfide) groups is 1. The first kappa shape index (κ1) is 20.5. The molecule has 1 aromatic heterocycles. The molecule has 1 heterocycles. The normalized spacial score (nSPS) is 11.9. The summed E-state index contributed by atoms with van der Waals surface area (Å²) in [6.45, 7) is 0.352. The zero-order valence-corrected chi connectivity index (χ0v) is 15.9. The van der Waals surface area contributed by atoms with Crippen molar-refractivity contribution in [2.75, 3.05) is 5.75 Å². The molecule has 0 bridgehead atoms. The third kappa shape index (κ3) is 5.38. The molecule has 0 aliphatic rings. The van der Waals surface area contributed by atoms with Crippen LogP contribution in [0.25, 0.3) is 5.69 Å². The third-order valence-corrected chi connectivity index (χ3v) is 4.92. The van der Waals surface area contributed by atoms with Gasteiger partial charge in [-0.25, -0.2) is 4.79 Å². The third-order valence-electron chi connectivity index (χ3n) is 3.92. The van der Waals surface area contributed by atoms with Crippen LogP contribution in [0.5, 0.6) is 0 Å². The Morgan fingerprint density at radius 3 is 2.62 bits per heavy atom. The maximum atomic E-state index is 11.2. The van der Waals surface area contributed by atoms with Crippen LogP contribution in [0.1, 0.15) is 26.3 Å². The average Bonchev–Trinajstić information content (AvgIpc) is 3.19. The van der Waals surface area contributed by atoms with Crippen molar-refractivity contribution in [1.82, 2.24) is 25.5 Å². The van der Waals surface area contributed by atoms with Gasteiger partial charge in [0, 0.05) is 17.9 Å². The molecular weight excluding hydrogens is 396 g/mol. The van der Waals surface area contributed by atoms with Gasteiger partial charge in [0.2, 0.25) is 11.1 Å². The van der Waals surface area contributed by atoms with Crippen LogP contribution in [-0.4, -0.2) is 54.3 Å². The first-order chi connectivity index (χ1) is 13.9. The first-order valence-corrected chi connectivity index (χ1v) is 9.47. The highest BCUT2D eigenvalue weighted by atomic mass is 32.2. The van der Waals surface area contributed by atoms with Crippen molar-refractivity contribution < 1.29 is 19.8 Å². The number of amides is 1. The Morgan fingerprint density at radius 2 is 1.93 bits per heavy atom. The number of nitrogens with one attached hydrogen (secondary N) is 1. The molecule has 0 saturated heterocycles. The van der Waals surface area contributed by atoms with E-state index in [-0.39, 0.29) is 11.3 Å². The number of tetrazole rings is 1. The smallest absolute Gasteiger partial charge is 0.335 e.